The van der Waals surface area contributed by atoms with Gasteiger partial charge in [-0.1, -0.05) is 0 Å². The molecule has 0 spiro atoms. The number of aliphatic hydroxyl groups is 5. The average Bonchev–Trinajstić information content (AvgIpc) is 2.05. The zero-order valence-corrected chi connectivity index (χ0v) is 9.57. The van der Waals surface area contributed by atoms with Crippen LogP contribution in [0.1, 0.15) is 0 Å². The van der Waals surface area contributed by atoms with E-state index in [1.54, 1.807) is 0 Å². The Kier molecular flexibility index (Phi) is 3.91. The first-order valence-corrected chi connectivity index (χ1v) is 4.67. The summed E-state index contributed by atoms with van der Waals surface area (Å²) in [5.41, 5.74) is 0. The predicted molar refractivity (Wildman–Crippen MR) is 53.3 cm³/mol. The van der Waals surface area contributed by atoms with Crippen molar-refractivity contribution in [1.29, 1.82) is 0 Å². The van der Waals surface area contributed by atoms with Crippen molar-refractivity contribution >= 4 is 23.8 Å². The van der Waals surface area contributed by atoms with Gasteiger partial charge in [-0.25, -0.2) is 4.98 Å². The van der Waals surface area contributed by atoms with Crippen LogP contribution in [0.25, 0.3) is 0 Å². The number of hydrogen-bond acceptors (Lipinski definition) is 9. The highest BCUT2D eigenvalue weighted by Gasteiger charge is 2.25. The van der Waals surface area contributed by atoms with Gasteiger partial charge in [0, 0.05) is 0 Å². The molecule has 0 saturated carbocycles. The molecule has 0 fully saturated rings. The highest BCUT2D eigenvalue weighted by atomic mass is 79.9. The number of rotatable bonds is 4. The SMILES string of the molecule is [B]C(O)(O)Oc1nc(OC(O)(O)O)ncc1Br. The molecular weight excluding hydrogens is 303 g/mol. The van der Waals surface area contributed by atoms with Gasteiger partial charge < -0.3 is 35.0 Å². The van der Waals surface area contributed by atoms with Gasteiger partial charge in [-0.05, 0) is 15.9 Å². The van der Waals surface area contributed by atoms with Gasteiger partial charge in [0.1, 0.15) is 0 Å². The largest absolute Gasteiger partial charge is 0.455 e. The zero-order chi connectivity index (χ0) is 13.3. The van der Waals surface area contributed by atoms with Crippen LogP contribution < -0.4 is 9.47 Å². The van der Waals surface area contributed by atoms with Gasteiger partial charge in [0.05, 0.1) is 10.7 Å². The molecule has 9 nitrogen and oxygen atoms in total. The summed E-state index contributed by atoms with van der Waals surface area (Å²) >= 11 is 2.89. The number of aromatic nitrogens is 2. The van der Waals surface area contributed by atoms with E-state index in [-0.39, 0.29) is 4.47 Å². The van der Waals surface area contributed by atoms with Crippen LogP contribution in [0.3, 0.4) is 0 Å². The van der Waals surface area contributed by atoms with E-state index in [0.717, 1.165) is 6.20 Å². The molecule has 0 unspecified atom stereocenters. The number of nitrogens with zero attached hydrogens (tertiary/aromatic N) is 2. The van der Waals surface area contributed by atoms with Crippen LogP contribution in [-0.4, -0.2) is 55.4 Å². The fraction of sp³-hybridized carbons (Fsp3) is 0.333. The fourth-order valence-electron chi connectivity index (χ4n) is 0.722. The van der Waals surface area contributed by atoms with Crippen molar-refractivity contribution in [2.24, 2.45) is 0 Å². The molecule has 0 amide bonds. The van der Waals surface area contributed by atoms with Gasteiger partial charge in [0.15, 0.2) is 0 Å². The van der Waals surface area contributed by atoms with E-state index >= 15 is 0 Å². The molecule has 1 rings (SSSR count). The lowest BCUT2D eigenvalue weighted by atomic mass is 10.1. The summed E-state index contributed by atoms with van der Waals surface area (Å²) in [5, 5.41) is 43.0. The Morgan fingerprint density at radius 3 is 2.24 bits per heavy atom. The third kappa shape index (κ3) is 5.25. The normalized spacial score (nSPS) is 12.4. The van der Waals surface area contributed by atoms with Crippen molar-refractivity contribution in [2.45, 2.75) is 12.0 Å². The van der Waals surface area contributed by atoms with Crippen molar-refractivity contribution in [1.82, 2.24) is 9.97 Å². The molecule has 92 valence electrons. The average molecular weight is 309 g/mol. The highest BCUT2D eigenvalue weighted by Crippen LogP contribution is 2.25. The molecule has 11 heteroatoms. The second-order valence-corrected chi connectivity index (χ2v) is 3.60. The molecular formula is C6H6BBrN2O7. The molecule has 0 atom stereocenters. The van der Waals surface area contributed by atoms with E-state index in [0.29, 0.717) is 0 Å². The third-order valence-corrected chi connectivity index (χ3v) is 1.71. The molecule has 0 aliphatic carbocycles. The molecule has 0 aliphatic heterocycles. The quantitative estimate of drug-likeness (QED) is 0.297. The fourth-order valence-corrected chi connectivity index (χ4v) is 0.994. The Bertz CT molecular complexity index is 404. The smallest absolute Gasteiger partial charge is 0.430 e. The van der Waals surface area contributed by atoms with Crippen LogP contribution in [0.15, 0.2) is 10.7 Å². The molecule has 2 radical (unpaired) electrons. The number of halogens is 1. The van der Waals surface area contributed by atoms with Crippen LogP contribution in [0, 0.1) is 0 Å². The van der Waals surface area contributed by atoms with E-state index in [1.807, 2.05) is 0 Å². The molecule has 1 aromatic heterocycles. The highest BCUT2D eigenvalue weighted by molar-refractivity contribution is 9.10. The number of hydrogen-bond donors (Lipinski definition) is 5. The Morgan fingerprint density at radius 2 is 1.76 bits per heavy atom. The summed E-state index contributed by atoms with van der Waals surface area (Å²) in [6, 6.07) is -0.708. The standard InChI is InChI=1S/C6H6BBrN2O7/c7-5(11,12)16-3-2(8)1-9-4(10-3)17-6(13,14)15/h1,11-15H. The molecule has 0 bridgehead atoms. The van der Waals surface area contributed by atoms with Gasteiger partial charge in [0.2, 0.25) is 13.7 Å². The second kappa shape index (κ2) is 4.72. The lowest BCUT2D eigenvalue weighted by Gasteiger charge is -2.19. The Morgan fingerprint density at radius 1 is 1.18 bits per heavy atom. The first kappa shape index (κ1) is 14.1. The Balaban J connectivity index is 2.95. The van der Waals surface area contributed by atoms with Crippen molar-refractivity contribution in [3.8, 4) is 11.9 Å². The second-order valence-electron chi connectivity index (χ2n) is 2.74. The van der Waals surface area contributed by atoms with E-state index in [1.165, 1.54) is 0 Å². The molecule has 1 aromatic rings. The Labute approximate surface area is 104 Å². The maximum absolute atomic E-state index is 8.76. The van der Waals surface area contributed by atoms with Gasteiger partial charge >= 0.3 is 12.2 Å². The van der Waals surface area contributed by atoms with E-state index in [9.17, 15) is 0 Å². The summed E-state index contributed by atoms with van der Waals surface area (Å²) in [4.78, 5) is 6.77. The molecule has 1 heterocycles. The minimum absolute atomic E-state index is 0.0715. The summed E-state index contributed by atoms with van der Waals surface area (Å²) < 4.78 is 8.48. The lowest BCUT2D eigenvalue weighted by Crippen LogP contribution is -2.37. The van der Waals surface area contributed by atoms with Crippen LogP contribution in [-0.2, 0) is 0 Å². The van der Waals surface area contributed by atoms with E-state index in [4.69, 9.17) is 33.4 Å². The summed E-state index contributed by atoms with van der Waals surface area (Å²) in [7, 11) is 4.73. The van der Waals surface area contributed by atoms with Crippen LogP contribution in [0.2, 0.25) is 0 Å². The van der Waals surface area contributed by atoms with Gasteiger partial charge in [-0.3, -0.25) is 0 Å². The third-order valence-electron chi connectivity index (χ3n) is 1.16. The minimum Gasteiger partial charge on any atom is -0.430 e. The van der Waals surface area contributed by atoms with Crippen LogP contribution in [0.5, 0.6) is 11.9 Å². The maximum Gasteiger partial charge on any atom is 0.455 e. The molecule has 0 saturated heterocycles. The predicted octanol–water partition coefficient (Wildman–Crippen LogP) is -2.65. The topological polar surface area (TPSA) is 145 Å². The van der Waals surface area contributed by atoms with E-state index < -0.39 is 23.9 Å². The Hall–Kier alpha value is -0.975. The van der Waals surface area contributed by atoms with E-state index in [2.05, 4.69) is 35.4 Å². The molecule has 0 aliphatic rings. The monoisotopic (exact) mass is 308 g/mol. The zero-order valence-electron chi connectivity index (χ0n) is 7.98. The van der Waals surface area contributed by atoms with Crippen molar-refractivity contribution < 1.29 is 35.0 Å². The maximum atomic E-state index is 8.76. The summed E-state index contributed by atoms with van der Waals surface area (Å²) in [6.07, 6.45) is -2.46. The first-order chi connectivity index (χ1) is 7.57. The van der Waals surface area contributed by atoms with Gasteiger partial charge in [-0.15, -0.1) is 0 Å². The summed E-state index contributed by atoms with van der Waals surface area (Å²) in [5.74, 6) is -3.46. The van der Waals surface area contributed by atoms with Crippen LogP contribution >= 0.6 is 15.9 Å². The summed E-state index contributed by atoms with van der Waals surface area (Å²) in [6.45, 7) is 0. The van der Waals surface area contributed by atoms with Crippen molar-refractivity contribution in [3.05, 3.63) is 10.7 Å². The van der Waals surface area contributed by atoms with Gasteiger partial charge in [0.25, 0.3) is 5.87 Å². The van der Waals surface area contributed by atoms with Crippen LogP contribution in [0.4, 0.5) is 0 Å². The molecule has 0 aromatic carbocycles. The molecule has 5 N–H and O–H groups in total. The van der Waals surface area contributed by atoms with Crippen molar-refractivity contribution in [2.75, 3.05) is 0 Å². The minimum atomic E-state index is -3.48. The van der Waals surface area contributed by atoms with Crippen molar-refractivity contribution in [3.63, 3.8) is 0 Å². The first-order valence-electron chi connectivity index (χ1n) is 3.88. The lowest BCUT2D eigenvalue weighted by molar-refractivity contribution is -0.421. The number of ether oxygens (including phenoxy) is 2. The van der Waals surface area contributed by atoms with Gasteiger partial charge in [-0.2, -0.15) is 4.98 Å². The molecule has 17 heavy (non-hydrogen) atoms.